The van der Waals surface area contributed by atoms with Crippen LogP contribution in [-0.2, 0) is 6.18 Å². The molecular formula is C32H23F4N5O6. The molecule has 3 aromatic heterocycles. The molecule has 0 aliphatic rings. The van der Waals surface area contributed by atoms with Crippen LogP contribution in [0.3, 0.4) is 0 Å². The number of nitrogens with one attached hydrogen (secondary N) is 1. The summed E-state index contributed by atoms with van der Waals surface area (Å²) in [5.41, 5.74) is -3.12. The van der Waals surface area contributed by atoms with E-state index >= 15 is 4.39 Å². The topological polar surface area (TPSA) is 138 Å². The molecule has 0 saturated carbocycles. The Morgan fingerprint density at radius 2 is 1.68 bits per heavy atom. The highest BCUT2D eigenvalue weighted by Crippen LogP contribution is 2.36. The number of rotatable bonds is 8. The molecule has 2 aromatic carbocycles. The van der Waals surface area contributed by atoms with Crippen LogP contribution in [0.25, 0.3) is 16.7 Å². The first-order valence-electron chi connectivity index (χ1n) is 13.5. The van der Waals surface area contributed by atoms with Crippen LogP contribution in [0.4, 0.5) is 23.2 Å². The van der Waals surface area contributed by atoms with Crippen molar-refractivity contribution in [3.63, 3.8) is 0 Å². The maximum atomic E-state index is 15.2. The standard InChI is InChI=1S/C32H23F4N5O6/c1-16-11-25(44-2)17(15-37)12-22(16)41-27(32(34,35)36)8-6-19(31(41)43)29(42)39-18-5-7-23(20(33)13-18)47-24-9-10-38-21-14-26(45-3)30(46-4)40-28(21)24/h5-14H,1-4H3,(H,39,42). The van der Waals surface area contributed by atoms with Crippen LogP contribution in [0.2, 0.25) is 0 Å². The summed E-state index contributed by atoms with van der Waals surface area (Å²) in [4.78, 5) is 35.2. The fraction of sp³-hybridized carbons (Fsp3) is 0.156. The van der Waals surface area contributed by atoms with Gasteiger partial charge in [-0.15, -0.1) is 0 Å². The van der Waals surface area contributed by atoms with E-state index in [4.69, 9.17) is 18.9 Å². The van der Waals surface area contributed by atoms with Gasteiger partial charge >= 0.3 is 6.18 Å². The van der Waals surface area contributed by atoms with Crippen LogP contribution in [0.5, 0.6) is 28.9 Å². The summed E-state index contributed by atoms with van der Waals surface area (Å²) in [6.07, 6.45) is -3.58. The predicted octanol–water partition coefficient (Wildman–Crippen LogP) is 6.19. The van der Waals surface area contributed by atoms with Gasteiger partial charge in [0.2, 0.25) is 0 Å². The van der Waals surface area contributed by atoms with Gasteiger partial charge in [-0.05, 0) is 48.9 Å². The zero-order valence-electron chi connectivity index (χ0n) is 25.0. The first-order valence-corrected chi connectivity index (χ1v) is 13.5. The second kappa shape index (κ2) is 12.7. The summed E-state index contributed by atoms with van der Waals surface area (Å²) in [6, 6.07) is 11.9. The summed E-state index contributed by atoms with van der Waals surface area (Å²) in [6.45, 7) is 1.42. The highest BCUT2D eigenvalue weighted by atomic mass is 19.4. The number of amides is 1. The minimum absolute atomic E-state index is 0.0899. The Morgan fingerprint density at radius 1 is 0.936 bits per heavy atom. The number of anilines is 1. The van der Waals surface area contributed by atoms with Gasteiger partial charge in [0.25, 0.3) is 17.3 Å². The molecule has 3 heterocycles. The number of fused-ring (bicyclic) bond motifs is 1. The summed E-state index contributed by atoms with van der Waals surface area (Å²) >= 11 is 0. The van der Waals surface area contributed by atoms with E-state index in [-0.39, 0.29) is 51.1 Å². The fourth-order valence-electron chi connectivity index (χ4n) is 4.70. The second-order valence-corrected chi connectivity index (χ2v) is 9.80. The van der Waals surface area contributed by atoms with Crippen LogP contribution >= 0.6 is 0 Å². The zero-order chi connectivity index (χ0) is 34.0. The van der Waals surface area contributed by atoms with Crippen molar-refractivity contribution in [3.8, 4) is 40.6 Å². The number of alkyl halides is 3. The minimum atomic E-state index is -5.00. The van der Waals surface area contributed by atoms with Crippen LogP contribution in [0, 0.1) is 24.1 Å². The number of nitrogens with zero attached hydrogens (tertiary/aromatic N) is 4. The van der Waals surface area contributed by atoms with Gasteiger partial charge in [0.1, 0.15) is 28.6 Å². The van der Waals surface area contributed by atoms with Gasteiger partial charge in [-0.1, -0.05) is 0 Å². The summed E-state index contributed by atoms with van der Waals surface area (Å²) in [5.74, 6) is -1.60. The van der Waals surface area contributed by atoms with Crippen LogP contribution in [0.15, 0.2) is 65.6 Å². The Hall–Kier alpha value is -6.17. The zero-order valence-corrected chi connectivity index (χ0v) is 25.0. The number of hydrogen-bond acceptors (Lipinski definition) is 9. The van der Waals surface area contributed by atoms with Crippen molar-refractivity contribution in [2.24, 2.45) is 0 Å². The molecular weight excluding hydrogens is 626 g/mol. The molecule has 240 valence electrons. The van der Waals surface area contributed by atoms with Gasteiger partial charge in [0, 0.05) is 30.1 Å². The number of pyridine rings is 3. The number of nitriles is 1. The van der Waals surface area contributed by atoms with Crippen molar-refractivity contribution < 1.29 is 41.3 Å². The lowest BCUT2D eigenvalue weighted by Crippen LogP contribution is -2.33. The molecule has 0 aliphatic heterocycles. The van der Waals surface area contributed by atoms with E-state index in [9.17, 15) is 28.0 Å². The van der Waals surface area contributed by atoms with E-state index in [0.717, 1.165) is 18.2 Å². The van der Waals surface area contributed by atoms with Crippen LogP contribution < -0.4 is 29.8 Å². The molecule has 0 radical (unpaired) electrons. The number of aryl methyl sites for hydroxylation is 1. The SMILES string of the molecule is COc1cc(C)c(-n2c(C(F)(F)F)ccc(C(=O)Nc3ccc(Oc4ccnc5cc(OC)c(OC)nc45)c(F)c3)c2=O)cc1C#N. The van der Waals surface area contributed by atoms with Gasteiger partial charge in [0.15, 0.2) is 23.1 Å². The average molecular weight is 650 g/mol. The first-order chi connectivity index (χ1) is 22.4. The van der Waals surface area contributed by atoms with E-state index in [1.807, 2.05) is 6.07 Å². The lowest BCUT2D eigenvalue weighted by molar-refractivity contribution is -0.142. The predicted molar refractivity (Wildman–Crippen MR) is 160 cm³/mol. The van der Waals surface area contributed by atoms with E-state index in [0.29, 0.717) is 21.9 Å². The summed E-state index contributed by atoms with van der Waals surface area (Å²) < 4.78 is 78.9. The first kappa shape index (κ1) is 32.2. The van der Waals surface area contributed by atoms with E-state index < -0.39 is 34.7 Å². The van der Waals surface area contributed by atoms with E-state index in [2.05, 4.69) is 15.3 Å². The molecule has 11 nitrogen and oxygen atoms in total. The Balaban J connectivity index is 1.47. The lowest BCUT2D eigenvalue weighted by Gasteiger charge is -2.19. The van der Waals surface area contributed by atoms with Crippen molar-refractivity contribution in [2.45, 2.75) is 13.1 Å². The molecule has 0 fully saturated rings. The number of halogens is 4. The Kier molecular flexibility index (Phi) is 8.69. The van der Waals surface area contributed by atoms with Crippen molar-refractivity contribution in [2.75, 3.05) is 26.6 Å². The lowest BCUT2D eigenvalue weighted by atomic mass is 10.1. The highest BCUT2D eigenvalue weighted by molar-refractivity contribution is 6.04. The minimum Gasteiger partial charge on any atom is -0.495 e. The number of hydrogen-bond donors (Lipinski definition) is 1. The Morgan fingerprint density at radius 3 is 2.32 bits per heavy atom. The molecule has 0 bridgehead atoms. The molecule has 0 unspecified atom stereocenters. The third kappa shape index (κ3) is 6.21. The number of carbonyl (C=O) groups excluding carboxylic acids is 1. The molecule has 0 saturated heterocycles. The second-order valence-electron chi connectivity index (χ2n) is 9.80. The quantitative estimate of drug-likeness (QED) is 0.195. The van der Waals surface area contributed by atoms with Gasteiger partial charge in [0.05, 0.1) is 38.1 Å². The molecule has 5 rings (SSSR count). The molecule has 5 aromatic rings. The third-order valence-electron chi connectivity index (χ3n) is 6.93. The maximum absolute atomic E-state index is 15.2. The number of carbonyl (C=O) groups is 1. The van der Waals surface area contributed by atoms with Crippen molar-refractivity contribution in [3.05, 3.63) is 99.3 Å². The van der Waals surface area contributed by atoms with Crippen molar-refractivity contribution in [1.82, 2.24) is 14.5 Å². The van der Waals surface area contributed by atoms with E-state index in [1.165, 1.54) is 58.7 Å². The molecule has 1 amide bonds. The van der Waals surface area contributed by atoms with Gasteiger partial charge in [-0.3, -0.25) is 19.1 Å². The van der Waals surface area contributed by atoms with Gasteiger partial charge in [-0.25, -0.2) is 9.37 Å². The van der Waals surface area contributed by atoms with E-state index in [1.54, 1.807) is 6.07 Å². The monoisotopic (exact) mass is 649 g/mol. The molecule has 0 atom stereocenters. The Bertz CT molecular complexity index is 2140. The van der Waals surface area contributed by atoms with Crippen molar-refractivity contribution >= 4 is 22.6 Å². The maximum Gasteiger partial charge on any atom is 0.431 e. The molecule has 0 aliphatic carbocycles. The molecule has 15 heteroatoms. The van der Waals surface area contributed by atoms with Crippen LogP contribution in [0.1, 0.15) is 27.2 Å². The fourth-order valence-corrected chi connectivity index (χ4v) is 4.70. The van der Waals surface area contributed by atoms with Gasteiger partial charge in [-0.2, -0.15) is 18.4 Å². The van der Waals surface area contributed by atoms with Gasteiger partial charge < -0.3 is 24.3 Å². The smallest absolute Gasteiger partial charge is 0.431 e. The van der Waals surface area contributed by atoms with Crippen molar-refractivity contribution in [1.29, 1.82) is 5.26 Å². The molecule has 1 N–H and O–H groups in total. The number of methoxy groups -OCH3 is 3. The molecule has 47 heavy (non-hydrogen) atoms. The number of aromatic nitrogens is 3. The normalized spacial score (nSPS) is 11.1. The third-order valence-corrected chi connectivity index (χ3v) is 6.93. The summed E-state index contributed by atoms with van der Waals surface area (Å²) in [5, 5.41) is 11.8. The Labute approximate surface area is 263 Å². The molecule has 0 spiro atoms. The van der Waals surface area contributed by atoms with Crippen LogP contribution in [-0.4, -0.2) is 41.8 Å². The summed E-state index contributed by atoms with van der Waals surface area (Å²) in [7, 11) is 4.11. The average Bonchev–Trinajstić information content (AvgIpc) is 3.04. The number of ether oxygens (including phenoxy) is 4. The largest absolute Gasteiger partial charge is 0.495 e. The highest BCUT2D eigenvalue weighted by Gasteiger charge is 2.36. The number of benzene rings is 2.